The largest absolute Gasteiger partial charge is 0.411 e. The highest BCUT2D eigenvalue weighted by molar-refractivity contribution is 8.68. The maximum absolute atomic E-state index is 6.91. The Kier molecular flexibility index (Phi) is 7.94. The molecule has 0 amide bonds. The monoisotopic (exact) mass is 611 g/mol. The van der Waals surface area contributed by atoms with Crippen molar-refractivity contribution in [3.05, 3.63) is 24.8 Å². The molecule has 39 heavy (non-hydrogen) atoms. The second-order valence-corrected chi connectivity index (χ2v) is 24.3. The molecule has 0 unspecified atom stereocenters. The Hall–Kier alpha value is -0.853. The van der Waals surface area contributed by atoms with Gasteiger partial charge in [0.15, 0.2) is 19.8 Å². The Bertz CT molecular complexity index is 1300. The SMILES string of the molecule is C=C(C)[C@@H]1CC[C@]2(C)S[P@@](=S)(OC[C@H]3O[C@@H](n4cnc5c(N)ncnc54)C[C@@H]3O[Si](C)(C)C(C)(C)C)O[C@H]2C1. The number of imidazole rings is 1. The number of rotatable bonds is 7. The van der Waals surface area contributed by atoms with Crippen LogP contribution in [0.2, 0.25) is 18.1 Å². The highest BCUT2D eigenvalue weighted by Crippen LogP contribution is 2.75. The summed E-state index contributed by atoms with van der Waals surface area (Å²) in [5.74, 6) is 0.831. The molecule has 3 fully saturated rings. The highest BCUT2D eigenvalue weighted by Gasteiger charge is 2.54. The van der Waals surface area contributed by atoms with E-state index in [0.29, 0.717) is 35.9 Å². The van der Waals surface area contributed by atoms with Crippen LogP contribution in [0.5, 0.6) is 0 Å². The number of ether oxygens (including phenoxy) is 1. The van der Waals surface area contributed by atoms with Gasteiger partial charge >= 0.3 is 0 Å². The molecule has 3 aliphatic rings. The van der Waals surface area contributed by atoms with Crippen LogP contribution in [0.25, 0.3) is 11.2 Å². The van der Waals surface area contributed by atoms with Gasteiger partial charge in [0.2, 0.25) is 5.69 Å². The van der Waals surface area contributed by atoms with E-state index < -0.39 is 14.0 Å². The lowest BCUT2D eigenvalue weighted by Gasteiger charge is -2.39. The second kappa shape index (κ2) is 10.5. The van der Waals surface area contributed by atoms with Crippen molar-refractivity contribution >= 4 is 54.2 Å². The third-order valence-corrected chi connectivity index (χ3v) is 19.3. The van der Waals surface area contributed by atoms with Crippen LogP contribution in [0, 0.1) is 5.92 Å². The first-order valence-electron chi connectivity index (χ1n) is 13.7. The number of fused-ring (bicyclic) bond motifs is 2. The van der Waals surface area contributed by atoms with Gasteiger partial charge in [-0.05, 0) is 69.0 Å². The van der Waals surface area contributed by atoms with Crippen LogP contribution in [0.1, 0.15) is 66.5 Å². The van der Waals surface area contributed by atoms with Gasteiger partial charge in [-0.15, -0.1) is 0 Å². The number of nitrogens with two attached hydrogens (primary N) is 1. The fourth-order valence-electron chi connectivity index (χ4n) is 5.39. The zero-order valence-electron chi connectivity index (χ0n) is 24.0. The highest BCUT2D eigenvalue weighted by atomic mass is 32.9. The van der Waals surface area contributed by atoms with E-state index >= 15 is 0 Å². The topological polar surface area (TPSA) is 107 Å². The van der Waals surface area contributed by atoms with Crippen molar-refractivity contribution in [2.24, 2.45) is 5.92 Å². The lowest BCUT2D eigenvalue weighted by Crippen LogP contribution is -2.46. The van der Waals surface area contributed by atoms with Gasteiger partial charge in [-0.25, -0.2) is 15.0 Å². The molecule has 216 valence electrons. The fourth-order valence-corrected chi connectivity index (χ4v) is 13.9. The molecule has 0 spiro atoms. The first-order chi connectivity index (χ1) is 18.1. The molecule has 0 radical (unpaired) electrons. The smallest absolute Gasteiger partial charge is 0.248 e. The first kappa shape index (κ1) is 29.6. The van der Waals surface area contributed by atoms with Gasteiger partial charge in [-0.2, -0.15) is 0 Å². The van der Waals surface area contributed by atoms with Crippen molar-refractivity contribution in [1.82, 2.24) is 19.5 Å². The minimum atomic E-state index is -2.55. The quantitative estimate of drug-likeness (QED) is 0.209. The van der Waals surface area contributed by atoms with Crippen molar-refractivity contribution in [3.8, 4) is 0 Å². The minimum absolute atomic E-state index is 0.0209. The zero-order chi connectivity index (χ0) is 28.4. The normalized spacial score (nSPS) is 35.4. The predicted molar refractivity (Wildman–Crippen MR) is 164 cm³/mol. The van der Waals surface area contributed by atoms with Gasteiger partial charge in [0.05, 0.1) is 25.1 Å². The predicted octanol–water partition coefficient (Wildman–Crippen LogP) is 6.59. The summed E-state index contributed by atoms with van der Waals surface area (Å²) in [4.78, 5) is 12.9. The lowest BCUT2D eigenvalue weighted by molar-refractivity contribution is -0.0367. The summed E-state index contributed by atoms with van der Waals surface area (Å²) in [5.41, 5.74) is 5.93. The van der Waals surface area contributed by atoms with Crippen molar-refractivity contribution < 1.29 is 18.2 Å². The average molecular weight is 612 g/mol. The number of hydrogen-bond acceptors (Lipinski definition) is 10. The number of anilines is 1. The molecule has 2 saturated heterocycles. The van der Waals surface area contributed by atoms with E-state index in [1.165, 1.54) is 11.9 Å². The summed E-state index contributed by atoms with van der Waals surface area (Å²) < 4.78 is 28.5. The number of hydrogen-bond donors (Lipinski definition) is 1. The van der Waals surface area contributed by atoms with E-state index in [-0.39, 0.29) is 34.3 Å². The summed E-state index contributed by atoms with van der Waals surface area (Å²) in [6.45, 7) is 20.2. The van der Waals surface area contributed by atoms with Crippen LogP contribution in [0.3, 0.4) is 0 Å². The minimum Gasteiger partial charge on any atom is -0.411 e. The van der Waals surface area contributed by atoms with Crippen molar-refractivity contribution in [3.63, 3.8) is 0 Å². The third kappa shape index (κ3) is 5.77. The molecule has 9 nitrogen and oxygen atoms in total. The summed E-state index contributed by atoms with van der Waals surface area (Å²) in [5, 5.41) is 0.0562. The van der Waals surface area contributed by atoms with E-state index in [0.717, 1.165) is 19.3 Å². The molecule has 1 saturated carbocycles. The van der Waals surface area contributed by atoms with Crippen LogP contribution in [-0.2, 0) is 30.0 Å². The third-order valence-electron chi connectivity index (χ3n) is 8.97. The second-order valence-electron chi connectivity index (χ2n) is 12.9. The molecule has 13 heteroatoms. The van der Waals surface area contributed by atoms with Crippen LogP contribution in [0.4, 0.5) is 5.82 Å². The summed E-state index contributed by atoms with van der Waals surface area (Å²) in [6, 6.07) is 0. The van der Waals surface area contributed by atoms with Gasteiger partial charge in [0, 0.05) is 11.2 Å². The molecule has 2 aromatic heterocycles. The van der Waals surface area contributed by atoms with Gasteiger partial charge in [-0.3, -0.25) is 4.57 Å². The molecular formula is C26H42N5O4PS2Si. The Morgan fingerprint density at radius 2 is 2.08 bits per heavy atom. The summed E-state index contributed by atoms with van der Waals surface area (Å²) in [7, 11) is -2.09. The molecule has 0 bridgehead atoms. The van der Waals surface area contributed by atoms with Crippen molar-refractivity contribution in [2.45, 2.75) is 108 Å². The standard InChI is InChI=1S/C26H42N5O4PS2Si/c1-16(2)17-9-10-26(6)20(11-17)34-36(37,38-26)32-13-19-18(35-39(7,8)25(3,4)5)12-21(33-19)31-15-30-22-23(27)28-14-29-24(22)31/h14-15,17-21H,1,9-13H2,2-8H3,(H2,27,28,29)/t17-,18+,19-,20+,21-,26+,36+/m1/s1. The maximum Gasteiger partial charge on any atom is 0.248 e. The van der Waals surface area contributed by atoms with Crippen LogP contribution in [0.15, 0.2) is 24.8 Å². The van der Waals surface area contributed by atoms with E-state index in [9.17, 15) is 0 Å². The van der Waals surface area contributed by atoms with Gasteiger partial charge in [-0.1, -0.05) is 44.3 Å². The molecule has 5 rings (SSSR count). The molecule has 7 atom stereocenters. The van der Waals surface area contributed by atoms with Crippen LogP contribution >= 0.6 is 17.1 Å². The number of nitrogen functional groups attached to an aromatic ring is 1. The van der Waals surface area contributed by atoms with E-state index in [1.54, 1.807) is 17.7 Å². The van der Waals surface area contributed by atoms with E-state index in [1.807, 2.05) is 4.57 Å². The van der Waals surface area contributed by atoms with Crippen molar-refractivity contribution in [2.75, 3.05) is 12.3 Å². The summed E-state index contributed by atoms with van der Waals surface area (Å²) >= 11 is 7.80. The number of allylic oxidation sites excluding steroid dienone is 1. The fraction of sp³-hybridized carbons (Fsp3) is 0.731. The Labute approximate surface area is 242 Å². The zero-order valence-corrected chi connectivity index (χ0v) is 27.6. The lowest BCUT2D eigenvalue weighted by atomic mass is 9.77. The average Bonchev–Trinajstić information content (AvgIpc) is 3.49. The van der Waals surface area contributed by atoms with Crippen LogP contribution < -0.4 is 5.73 Å². The Morgan fingerprint density at radius 3 is 2.77 bits per heavy atom. The molecule has 2 aliphatic heterocycles. The number of aromatic nitrogens is 4. The molecule has 1 aliphatic carbocycles. The summed E-state index contributed by atoms with van der Waals surface area (Å²) in [6.07, 6.45) is 6.25. The molecule has 0 aromatic carbocycles. The van der Waals surface area contributed by atoms with E-state index in [4.69, 9.17) is 35.8 Å². The van der Waals surface area contributed by atoms with Gasteiger partial charge < -0.3 is 23.9 Å². The van der Waals surface area contributed by atoms with Gasteiger partial charge in [0.25, 0.3) is 0 Å². The Morgan fingerprint density at radius 1 is 1.33 bits per heavy atom. The van der Waals surface area contributed by atoms with Crippen LogP contribution in [-0.4, -0.2) is 57.5 Å². The molecule has 4 heterocycles. The molecule has 2 aromatic rings. The van der Waals surface area contributed by atoms with Crippen molar-refractivity contribution in [1.29, 1.82) is 0 Å². The molecule has 2 N–H and O–H groups in total. The van der Waals surface area contributed by atoms with E-state index in [2.05, 4.69) is 69.2 Å². The Balaban J connectivity index is 1.34. The number of nitrogens with zero attached hydrogens (tertiary/aromatic N) is 4. The first-order valence-corrected chi connectivity index (χ1v) is 20.6. The maximum atomic E-state index is 6.91. The van der Waals surface area contributed by atoms with Gasteiger partial charge in [0.1, 0.15) is 24.2 Å². The molecular weight excluding hydrogens is 570 g/mol.